The van der Waals surface area contributed by atoms with Gasteiger partial charge in [-0.3, -0.25) is 14.4 Å². The molecule has 0 spiro atoms. The number of hydrogen-bond donors (Lipinski definition) is 3. The number of hydrogen-bond acceptors (Lipinski definition) is 11. The zero-order valence-electron chi connectivity index (χ0n) is 48.4. The van der Waals surface area contributed by atoms with Crippen LogP contribution in [-0.2, 0) is 42.9 Å². The van der Waals surface area contributed by atoms with E-state index in [1.54, 1.807) is 0 Å². The maximum Gasteiger partial charge on any atom is 0.335 e. The van der Waals surface area contributed by atoms with E-state index >= 15 is 0 Å². The summed E-state index contributed by atoms with van der Waals surface area (Å²) in [5, 5.41) is 31.5. The van der Waals surface area contributed by atoms with E-state index in [1.165, 1.54) is 77.0 Å². The molecular weight excluding hydrogens is 973 g/mol. The smallest absolute Gasteiger partial charge is 0.335 e. The average Bonchev–Trinajstić information content (AvgIpc) is 3.42. The summed E-state index contributed by atoms with van der Waals surface area (Å²) in [5.41, 5.74) is 0. The average molecular weight is 1080 g/mol. The minimum atomic E-state index is -1.92. The SMILES string of the molecule is CC/C=C\C/C=C\C/C=C\CCCCCC(=O)OC1C(OCC(COC(=O)CCCCCCCCCCC/C=C\C/C=C\CCCCC)OC(=O)CCCCCCC/C=C\C/C=C\CCCCC)OC(C(=O)O)C(O)C1O. The molecule has 3 N–H and O–H groups in total. The lowest BCUT2D eigenvalue weighted by Crippen LogP contribution is -2.61. The molecule has 1 aliphatic rings. The Labute approximate surface area is 467 Å². The Morgan fingerprint density at radius 3 is 1.26 bits per heavy atom. The van der Waals surface area contributed by atoms with Crippen LogP contribution in [0.1, 0.15) is 252 Å². The van der Waals surface area contributed by atoms with Crippen molar-refractivity contribution in [1.29, 1.82) is 0 Å². The molecule has 6 unspecified atom stereocenters. The molecule has 0 bridgehead atoms. The molecule has 0 aliphatic carbocycles. The minimum Gasteiger partial charge on any atom is -0.479 e. The number of unbranched alkanes of at least 4 members (excludes halogenated alkanes) is 23. The van der Waals surface area contributed by atoms with Gasteiger partial charge in [-0.15, -0.1) is 0 Å². The second-order valence-corrected chi connectivity index (χ2v) is 20.6. The van der Waals surface area contributed by atoms with Crippen LogP contribution >= 0.6 is 0 Å². The quantitative estimate of drug-likeness (QED) is 0.0228. The van der Waals surface area contributed by atoms with Crippen molar-refractivity contribution in [2.75, 3.05) is 13.2 Å². The molecule has 440 valence electrons. The number of carbonyl (C=O) groups excluding carboxylic acids is 3. The Hall–Kier alpha value is -4.10. The summed E-state index contributed by atoms with van der Waals surface area (Å²) in [4.78, 5) is 51.2. The Morgan fingerprint density at radius 1 is 0.442 bits per heavy atom. The third-order valence-corrected chi connectivity index (χ3v) is 13.4. The van der Waals surface area contributed by atoms with Gasteiger partial charge in [0.15, 0.2) is 24.6 Å². The predicted molar refractivity (Wildman–Crippen MR) is 312 cm³/mol. The molecule has 1 aliphatic heterocycles. The number of carboxylic acid groups (broad SMARTS) is 1. The molecule has 1 heterocycles. The van der Waals surface area contributed by atoms with E-state index in [9.17, 15) is 34.5 Å². The van der Waals surface area contributed by atoms with Gasteiger partial charge in [-0.25, -0.2) is 4.79 Å². The molecule has 1 rings (SSSR count). The number of allylic oxidation sites excluding steroid dienone is 14. The van der Waals surface area contributed by atoms with Crippen molar-refractivity contribution in [2.24, 2.45) is 0 Å². The van der Waals surface area contributed by atoms with Crippen molar-refractivity contribution in [2.45, 2.75) is 289 Å². The fourth-order valence-corrected chi connectivity index (χ4v) is 8.74. The molecule has 1 saturated heterocycles. The largest absolute Gasteiger partial charge is 0.479 e. The van der Waals surface area contributed by atoms with E-state index in [1.807, 2.05) is 0 Å². The molecule has 0 aromatic rings. The lowest BCUT2D eigenvalue weighted by molar-refractivity contribution is -0.301. The minimum absolute atomic E-state index is 0.0206. The van der Waals surface area contributed by atoms with Crippen LogP contribution in [0.4, 0.5) is 0 Å². The normalized spacial score (nSPS) is 18.6. The molecule has 6 atom stereocenters. The van der Waals surface area contributed by atoms with E-state index in [4.69, 9.17) is 23.7 Å². The van der Waals surface area contributed by atoms with Crippen molar-refractivity contribution >= 4 is 23.9 Å². The number of ether oxygens (including phenoxy) is 5. The summed E-state index contributed by atoms with van der Waals surface area (Å²) in [7, 11) is 0. The van der Waals surface area contributed by atoms with Crippen molar-refractivity contribution in [3.8, 4) is 0 Å². The van der Waals surface area contributed by atoms with Crippen LogP contribution in [0.15, 0.2) is 85.1 Å². The fraction of sp³-hybridized carbons (Fsp3) is 0.723. The Kier molecular flexibility index (Phi) is 48.4. The standard InChI is InChI=1S/C65H108O12/c1-4-7-10-13-16-19-22-25-27-28-29-30-32-34-36-39-42-45-48-51-57(66)73-54-56(75-58(67)52-49-46-43-40-38-35-31-26-23-20-17-14-11-8-5-2)55-74-65-63(61(70)60(69)62(77-65)64(71)72)76-59(68)53-50-47-44-41-37-33-24-21-18-15-12-9-6-3/h9,12,16-21,25-27,31,33,37,56,60-63,65,69-70H,4-8,10-11,13-15,22-24,28-30,32,34-36,38-55H2,1-3H3,(H,71,72)/b12-9-,19-16-,20-17-,21-18-,27-25-,31-26-,37-33-. The van der Waals surface area contributed by atoms with Gasteiger partial charge >= 0.3 is 23.9 Å². The lowest BCUT2D eigenvalue weighted by Gasteiger charge is -2.40. The maximum atomic E-state index is 13.2. The van der Waals surface area contributed by atoms with Crippen LogP contribution in [-0.4, -0.2) is 89.2 Å². The van der Waals surface area contributed by atoms with E-state index in [2.05, 4.69) is 106 Å². The summed E-state index contributed by atoms with van der Waals surface area (Å²) in [6.07, 6.45) is 55.5. The second kappa shape index (κ2) is 52.6. The van der Waals surface area contributed by atoms with Gasteiger partial charge in [0, 0.05) is 19.3 Å². The van der Waals surface area contributed by atoms with Gasteiger partial charge in [-0.05, 0) is 116 Å². The molecule has 0 saturated carbocycles. The first-order valence-electron chi connectivity index (χ1n) is 30.6. The first kappa shape index (κ1) is 70.9. The van der Waals surface area contributed by atoms with Crippen LogP contribution in [0.5, 0.6) is 0 Å². The maximum absolute atomic E-state index is 13.2. The highest BCUT2D eigenvalue weighted by Crippen LogP contribution is 2.26. The second-order valence-electron chi connectivity index (χ2n) is 20.6. The van der Waals surface area contributed by atoms with Crippen LogP contribution in [0.2, 0.25) is 0 Å². The molecule has 0 radical (unpaired) electrons. The summed E-state index contributed by atoms with van der Waals surface area (Å²) in [6, 6.07) is 0. The van der Waals surface area contributed by atoms with Crippen molar-refractivity contribution < 1.29 is 58.2 Å². The van der Waals surface area contributed by atoms with Gasteiger partial charge < -0.3 is 39.0 Å². The Balaban J connectivity index is 2.69. The highest BCUT2D eigenvalue weighted by molar-refractivity contribution is 5.74. The number of rotatable bonds is 51. The molecular formula is C65H108O12. The van der Waals surface area contributed by atoms with Gasteiger partial charge in [0.2, 0.25) is 0 Å². The van der Waals surface area contributed by atoms with Crippen LogP contribution in [0, 0.1) is 0 Å². The summed E-state index contributed by atoms with van der Waals surface area (Å²) >= 11 is 0. The molecule has 77 heavy (non-hydrogen) atoms. The van der Waals surface area contributed by atoms with Crippen molar-refractivity contribution in [3.05, 3.63) is 85.1 Å². The van der Waals surface area contributed by atoms with Crippen molar-refractivity contribution in [3.63, 3.8) is 0 Å². The van der Waals surface area contributed by atoms with E-state index in [-0.39, 0.29) is 25.9 Å². The number of aliphatic hydroxyl groups is 2. The highest BCUT2D eigenvalue weighted by atomic mass is 16.7. The van der Waals surface area contributed by atoms with Gasteiger partial charge in [-0.1, -0.05) is 202 Å². The van der Waals surface area contributed by atoms with E-state index in [0.717, 1.165) is 116 Å². The number of esters is 3. The fourth-order valence-electron chi connectivity index (χ4n) is 8.74. The van der Waals surface area contributed by atoms with Gasteiger partial charge in [0.05, 0.1) is 6.61 Å². The lowest BCUT2D eigenvalue weighted by atomic mass is 9.98. The first-order chi connectivity index (χ1) is 37.6. The van der Waals surface area contributed by atoms with Gasteiger partial charge in [0.1, 0.15) is 18.8 Å². The van der Waals surface area contributed by atoms with E-state index in [0.29, 0.717) is 19.3 Å². The summed E-state index contributed by atoms with van der Waals surface area (Å²) in [5.74, 6) is -3.18. The number of aliphatic hydroxyl groups excluding tert-OH is 2. The van der Waals surface area contributed by atoms with Gasteiger partial charge in [-0.2, -0.15) is 0 Å². The van der Waals surface area contributed by atoms with E-state index < -0.39 is 67.3 Å². The number of carboxylic acids is 1. The monoisotopic (exact) mass is 1080 g/mol. The molecule has 0 amide bonds. The Bertz CT molecular complexity index is 1660. The third kappa shape index (κ3) is 42.5. The molecule has 0 aromatic heterocycles. The number of aliphatic carboxylic acids is 1. The predicted octanol–water partition coefficient (Wildman–Crippen LogP) is 15.9. The summed E-state index contributed by atoms with van der Waals surface area (Å²) < 4.78 is 28.4. The molecule has 12 heteroatoms. The zero-order valence-corrected chi connectivity index (χ0v) is 48.4. The third-order valence-electron chi connectivity index (χ3n) is 13.4. The van der Waals surface area contributed by atoms with Crippen molar-refractivity contribution in [1.82, 2.24) is 0 Å². The highest BCUT2D eigenvalue weighted by Gasteiger charge is 2.50. The topological polar surface area (TPSA) is 175 Å². The van der Waals surface area contributed by atoms with Gasteiger partial charge in [0.25, 0.3) is 0 Å². The summed E-state index contributed by atoms with van der Waals surface area (Å²) in [6.45, 7) is 5.80. The number of carbonyl (C=O) groups is 4. The first-order valence-corrected chi connectivity index (χ1v) is 30.6. The van der Waals surface area contributed by atoms with Crippen LogP contribution in [0.25, 0.3) is 0 Å². The molecule has 1 fully saturated rings. The Morgan fingerprint density at radius 2 is 0.818 bits per heavy atom. The van der Waals surface area contributed by atoms with Crippen LogP contribution < -0.4 is 0 Å². The zero-order chi connectivity index (χ0) is 56.1. The molecule has 12 nitrogen and oxygen atoms in total. The molecule has 0 aromatic carbocycles. The van der Waals surface area contributed by atoms with Crippen LogP contribution in [0.3, 0.4) is 0 Å².